The van der Waals surface area contributed by atoms with E-state index in [9.17, 15) is 29.9 Å². The van der Waals surface area contributed by atoms with Crippen LogP contribution >= 0.6 is 0 Å². The molecule has 0 aliphatic rings. The van der Waals surface area contributed by atoms with Crippen LogP contribution in [0.2, 0.25) is 0 Å². The number of ether oxygens (including phenoxy) is 1. The first kappa shape index (κ1) is 25.1. The van der Waals surface area contributed by atoms with E-state index in [1.165, 1.54) is 4.90 Å². The zero-order chi connectivity index (χ0) is 21.0. The maximum Gasteiger partial charge on any atom is 0.410 e. The van der Waals surface area contributed by atoms with Gasteiger partial charge in [0.1, 0.15) is 5.60 Å². The van der Waals surface area contributed by atoms with Gasteiger partial charge in [0.2, 0.25) is 6.54 Å². The van der Waals surface area contributed by atoms with Gasteiger partial charge in [0.15, 0.2) is 6.10 Å². The van der Waals surface area contributed by atoms with E-state index in [1.807, 2.05) is 6.92 Å². The van der Waals surface area contributed by atoms with Crippen LogP contribution in [0.1, 0.15) is 72.6 Å². The highest BCUT2D eigenvalue weighted by Gasteiger charge is 2.35. The van der Waals surface area contributed by atoms with Gasteiger partial charge in [0.25, 0.3) is 0 Å². The minimum atomic E-state index is -1.70. The molecule has 0 aliphatic carbocycles. The molecule has 27 heavy (non-hydrogen) atoms. The van der Waals surface area contributed by atoms with Crippen molar-refractivity contribution in [3.05, 3.63) is 10.1 Å². The number of rotatable bonds is 13. The van der Waals surface area contributed by atoms with E-state index in [2.05, 4.69) is 0 Å². The van der Waals surface area contributed by atoms with Crippen LogP contribution in [0.25, 0.3) is 0 Å². The number of nitrogens with zero attached hydrogens (tertiary/aromatic N) is 2. The smallest absolute Gasteiger partial charge is 0.410 e. The van der Waals surface area contributed by atoms with Crippen molar-refractivity contribution in [2.75, 3.05) is 13.1 Å². The van der Waals surface area contributed by atoms with E-state index in [-0.39, 0.29) is 18.0 Å². The summed E-state index contributed by atoms with van der Waals surface area (Å²) in [6.45, 7) is 7.23. The summed E-state index contributed by atoms with van der Waals surface area (Å²) in [5, 5.41) is 29.7. The zero-order valence-corrected chi connectivity index (χ0v) is 16.8. The Morgan fingerprint density at radius 2 is 1.74 bits per heavy atom. The fourth-order valence-electron chi connectivity index (χ4n) is 2.65. The van der Waals surface area contributed by atoms with E-state index in [4.69, 9.17) is 4.74 Å². The molecule has 0 aromatic rings. The van der Waals surface area contributed by atoms with E-state index in [0.29, 0.717) is 38.5 Å². The van der Waals surface area contributed by atoms with Crippen molar-refractivity contribution in [1.29, 1.82) is 0 Å². The number of amides is 1. The molecular weight excluding hydrogens is 356 g/mol. The Bertz CT molecular complexity index is 477. The molecule has 158 valence electrons. The molecule has 0 aromatic carbocycles. The first-order valence-corrected chi connectivity index (χ1v) is 9.52. The molecule has 0 spiro atoms. The van der Waals surface area contributed by atoms with Gasteiger partial charge in [-0.15, -0.1) is 0 Å². The maximum absolute atomic E-state index is 12.6. The molecule has 1 amide bonds. The average molecular weight is 390 g/mol. The summed E-state index contributed by atoms with van der Waals surface area (Å²) in [6, 6.07) is -0.879. The van der Waals surface area contributed by atoms with Crippen LogP contribution in [0.3, 0.4) is 0 Å². The molecule has 2 N–H and O–H groups in total. The third-order valence-corrected chi connectivity index (χ3v) is 3.99. The fourth-order valence-corrected chi connectivity index (χ4v) is 2.65. The Morgan fingerprint density at radius 1 is 1.15 bits per heavy atom. The normalized spacial score (nSPS) is 13.7. The molecule has 2 atom stereocenters. The van der Waals surface area contributed by atoms with Gasteiger partial charge in [-0.2, -0.15) is 0 Å². The Balaban J connectivity index is 5.08. The summed E-state index contributed by atoms with van der Waals surface area (Å²) < 4.78 is 5.39. The van der Waals surface area contributed by atoms with Crippen LogP contribution in [0.15, 0.2) is 0 Å². The largest absolute Gasteiger partial charge is 0.479 e. The third kappa shape index (κ3) is 11.4. The number of carbonyl (C=O) groups is 2. The van der Waals surface area contributed by atoms with Crippen LogP contribution in [0.4, 0.5) is 4.79 Å². The number of unbranched alkanes of at least 4 members (excludes halogenated alkanes) is 4. The van der Waals surface area contributed by atoms with Gasteiger partial charge in [0, 0.05) is 17.9 Å². The molecule has 9 heteroatoms. The van der Waals surface area contributed by atoms with Crippen molar-refractivity contribution < 1.29 is 29.5 Å². The highest BCUT2D eigenvalue weighted by Crippen LogP contribution is 2.19. The molecule has 0 fully saturated rings. The molecule has 0 saturated carbocycles. The second-order valence-corrected chi connectivity index (χ2v) is 7.64. The zero-order valence-electron chi connectivity index (χ0n) is 16.8. The third-order valence-electron chi connectivity index (χ3n) is 3.99. The molecule has 0 heterocycles. The predicted octanol–water partition coefficient (Wildman–Crippen LogP) is 3.06. The molecule has 0 rings (SSSR count). The molecular formula is C18H34N2O7. The van der Waals surface area contributed by atoms with E-state index < -0.39 is 29.8 Å². The lowest BCUT2D eigenvalue weighted by Gasteiger charge is -2.35. The quantitative estimate of drug-likeness (QED) is 0.281. The Kier molecular flexibility index (Phi) is 11.6. The van der Waals surface area contributed by atoms with Gasteiger partial charge in [-0.25, -0.2) is 9.59 Å². The van der Waals surface area contributed by atoms with Crippen molar-refractivity contribution in [3.63, 3.8) is 0 Å². The first-order valence-electron chi connectivity index (χ1n) is 9.52. The minimum absolute atomic E-state index is 0.0906. The summed E-state index contributed by atoms with van der Waals surface area (Å²) in [7, 11) is 0. The number of hydrogen-bond acceptors (Lipinski definition) is 6. The molecule has 0 radical (unpaired) electrons. The van der Waals surface area contributed by atoms with E-state index >= 15 is 0 Å². The minimum Gasteiger partial charge on any atom is -0.479 e. The molecule has 9 nitrogen and oxygen atoms in total. The molecule has 2 unspecified atom stereocenters. The van der Waals surface area contributed by atoms with Gasteiger partial charge in [0.05, 0.1) is 6.04 Å². The molecule has 0 saturated heterocycles. The summed E-state index contributed by atoms with van der Waals surface area (Å²) in [6.07, 6.45) is 1.77. The van der Waals surface area contributed by atoms with Crippen LogP contribution in [-0.4, -0.2) is 62.9 Å². The van der Waals surface area contributed by atoms with Crippen molar-refractivity contribution in [3.8, 4) is 0 Å². The van der Waals surface area contributed by atoms with Crippen molar-refractivity contribution in [2.24, 2.45) is 0 Å². The average Bonchev–Trinajstić information content (AvgIpc) is 2.53. The standard InChI is InChI=1S/C18H34N2O7/c1-5-6-11-14(15(21)16(22)23)19(17(24)27-18(2,3)4)12-9-7-8-10-13-20(25)26/h14-15,21H,5-13H2,1-4H3,(H,22,23). The lowest BCUT2D eigenvalue weighted by Crippen LogP contribution is -2.51. The maximum atomic E-state index is 12.6. The van der Waals surface area contributed by atoms with Gasteiger partial charge in [-0.1, -0.05) is 26.2 Å². The van der Waals surface area contributed by atoms with Gasteiger partial charge in [-0.05, 0) is 40.0 Å². The highest BCUT2D eigenvalue weighted by molar-refractivity contribution is 5.75. The monoisotopic (exact) mass is 390 g/mol. The number of hydrogen-bond donors (Lipinski definition) is 2. The lowest BCUT2D eigenvalue weighted by atomic mass is 10.0. The lowest BCUT2D eigenvalue weighted by molar-refractivity contribution is -0.480. The number of carboxylic acids is 1. The summed E-state index contributed by atoms with van der Waals surface area (Å²) in [5.41, 5.74) is -0.746. The van der Waals surface area contributed by atoms with Crippen molar-refractivity contribution in [2.45, 2.75) is 90.4 Å². The predicted molar refractivity (Wildman–Crippen MR) is 100 cm³/mol. The van der Waals surface area contributed by atoms with E-state index in [1.54, 1.807) is 20.8 Å². The molecule has 0 bridgehead atoms. The summed E-state index contributed by atoms with van der Waals surface area (Å²) >= 11 is 0. The number of aliphatic hydroxyl groups excluding tert-OH is 1. The van der Waals surface area contributed by atoms with Crippen LogP contribution in [0.5, 0.6) is 0 Å². The second kappa shape index (κ2) is 12.5. The van der Waals surface area contributed by atoms with Gasteiger partial charge >= 0.3 is 12.1 Å². The number of aliphatic hydroxyl groups is 1. The van der Waals surface area contributed by atoms with Crippen molar-refractivity contribution in [1.82, 2.24) is 4.90 Å². The topological polar surface area (TPSA) is 130 Å². The molecule has 0 aliphatic heterocycles. The summed E-state index contributed by atoms with van der Waals surface area (Å²) in [5.74, 6) is -1.38. The van der Waals surface area contributed by atoms with Crippen LogP contribution in [0, 0.1) is 10.1 Å². The number of nitro groups is 1. The SMILES string of the molecule is CCCCC(C(O)C(=O)O)N(CCCCCC[N+](=O)[O-])C(=O)OC(C)(C)C. The first-order chi connectivity index (χ1) is 12.5. The van der Waals surface area contributed by atoms with E-state index in [0.717, 1.165) is 6.42 Å². The number of aliphatic carboxylic acids is 1. The van der Waals surface area contributed by atoms with Crippen LogP contribution in [-0.2, 0) is 9.53 Å². The van der Waals surface area contributed by atoms with Crippen LogP contribution < -0.4 is 0 Å². The Hall–Kier alpha value is -1.90. The number of carbonyl (C=O) groups excluding carboxylic acids is 1. The highest BCUT2D eigenvalue weighted by atomic mass is 16.6. The second-order valence-electron chi connectivity index (χ2n) is 7.64. The molecule has 0 aromatic heterocycles. The Morgan fingerprint density at radius 3 is 2.22 bits per heavy atom. The Labute approximate surface area is 160 Å². The van der Waals surface area contributed by atoms with Crippen molar-refractivity contribution >= 4 is 12.1 Å². The number of carboxylic acid groups (broad SMARTS) is 1. The van der Waals surface area contributed by atoms with Gasteiger partial charge in [-0.3, -0.25) is 10.1 Å². The van der Waals surface area contributed by atoms with Gasteiger partial charge < -0.3 is 19.8 Å². The fraction of sp³-hybridized carbons (Fsp3) is 0.889. The summed E-state index contributed by atoms with van der Waals surface area (Å²) in [4.78, 5) is 35.2.